The van der Waals surface area contributed by atoms with Crippen molar-refractivity contribution < 1.29 is 34.1 Å². The molecular weight excluding hydrogens is 1120 g/mol. The molecule has 0 fully saturated rings. The van der Waals surface area contributed by atoms with Gasteiger partial charge in [0.25, 0.3) is 0 Å². The zero-order valence-electron chi connectivity index (χ0n) is 42.2. The largest absolute Gasteiger partial charge is 2.00 e. The first-order valence-electron chi connectivity index (χ1n) is 25.8. The monoisotopic (exact) mass is 1150 g/mol. The molecule has 14 aromatic rings. The van der Waals surface area contributed by atoms with Gasteiger partial charge in [0, 0.05) is 89.7 Å². The zero-order chi connectivity index (χ0) is 52.4. The van der Waals surface area contributed by atoms with E-state index in [0.29, 0.717) is 91.8 Å². The van der Waals surface area contributed by atoms with E-state index in [1.54, 1.807) is 0 Å². The van der Waals surface area contributed by atoms with E-state index < -0.39 is 0 Å². The predicted octanol–water partition coefficient (Wildman–Crippen LogP) is 12.2. The van der Waals surface area contributed by atoms with Crippen molar-refractivity contribution in [3.8, 4) is 91.1 Å². The smallest absolute Gasteiger partial charge is 0.357 e. The van der Waals surface area contributed by atoms with Gasteiger partial charge in [-0.25, -0.2) is 19.9 Å². The molecule has 82 heavy (non-hydrogen) atoms. The fourth-order valence-corrected chi connectivity index (χ4v) is 10.9. The second kappa shape index (κ2) is 19.1. The number of hydrogen-bond acceptors (Lipinski definition) is 12. The molecule has 0 atom stereocenters. The van der Waals surface area contributed by atoms with E-state index in [1.165, 1.54) is 0 Å². The summed E-state index contributed by atoms with van der Waals surface area (Å²) in [4.78, 5) is 78.5. The van der Waals surface area contributed by atoms with Crippen molar-refractivity contribution in [1.82, 2.24) is 79.7 Å². The summed E-state index contributed by atoms with van der Waals surface area (Å²) < 4.78 is 0. The third-order valence-electron chi connectivity index (χ3n) is 14.7. The summed E-state index contributed by atoms with van der Waals surface area (Å²) in [6.07, 6.45) is 0. The van der Waals surface area contributed by atoms with Crippen molar-refractivity contribution in [3.63, 3.8) is 0 Å². The Morgan fingerprint density at radius 1 is 0.159 bits per heavy atom. The van der Waals surface area contributed by atoms with E-state index in [0.717, 1.165) is 87.6 Å². The Morgan fingerprint density at radius 3 is 0.415 bits per heavy atom. The summed E-state index contributed by atoms with van der Waals surface area (Å²) in [6.45, 7) is 0. The molecule has 0 saturated heterocycles. The van der Waals surface area contributed by atoms with Gasteiger partial charge < -0.3 is 59.8 Å². The molecule has 0 amide bonds. The Labute approximate surface area is 484 Å². The molecular formula is C64H32Cu2N16. The summed E-state index contributed by atoms with van der Waals surface area (Å²) >= 11 is 0. The van der Waals surface area contributed by atoms with Gasteiger partial charge >= 0.3 is 34.1 Å². The van der Waals surface area contributed by atoms with Crippen molar-refractivity contribution in [2.24, 2.45) is 0 Å². The van der Waals surface area contributed by atoms with Gasteiger partial charge in [0.1, 0.15) is 0 Å². The molecule has 2 radical (unpaired) electrons. The van der Waals surface area contributed by atoms with E-state index >= 15 is 0 Å². The van der Waals surface area contributed by atoms with Gasteiger partial charge in [-0.1, -0.05) is 194 Å². The van der Waals surface area contributed by atoms with Crippen LogP contribution in [0, 0.1) is 0 Å². The normalized spacial score (nSPS) is 11.7. The molecule has 6 aromatic heterocycles. The van der Waals surface area contributed by atoms with Crippen LogP contribution in [0.25, 0.3) is 179 Å². The summed E-state index contributed by atoms with van der Waals surface area (Å²) in [5.41, 5.74) is 11.6. The molecule has 390 valence electrons. The fourth-order valence-electron chi connectivity index (χ4n) is 10.9. The van der Waals surface area contributed by atoms with E-state index in [1.807, 2.05) is 194 Å². The van der Waals surface area contributed by atoms with Gasteiger partial charge in [-0.15, -0.1) is 0 Å². The molecule has 8 aromatic carbocycles. The van der Waals surface area contributed by atoms with Crippen LogP contribution in [-0.2, 0) is 34.1 Å². The second-order valence-corrected chi connectivity index (χ2v) is 19.3. The number of rotatable bonds is 0. The first-order chi connectivity index (χ1) is 39.6. The van der Waals surface area contributed by atoms with Crippen LogP contribution in [-0.4, -0.2) is 59.8 Å². The minimum atomic E-state index is 0. The van der Waals surface area contributed by atoms with Crippen LogP contribution in [0.5, 0.6) is 0 Å². The first kappa shape index (κ1) is 48.6. The SMILES string of the molecule is [Cu+2].[Cu+2].c1ccc2c(c1)-c1nc-2nc2[n-]c(nc3nc(nc4[n-]c(n1)c1ccccc41)-c1ccccc1-3)c1ccccc21.c1ccc2c(c1)-c1nc-2nc2[n-]c(nc3nc(nc4[n-]c(n1)c1ccccc41)-c1ccccc1-3)c1ccccc21. The van der Waals surface area contributed by atoms with Crippen LogP contribution in [0.2, 0.25) is 0 Å². The van der Waals surface area contributed by atoms with Gasteiger partial charge in [-0.2, -0.15) is 0 Å². The van der Waals surface area contributed by atoms with Crippen molar-refractivity contribution in [1.29, 1.82) is 0 Å². The van der Waals surface area contributed by atoms with Crippen LogP contribution < -0.4 is 19.9 Å². The molecule has 4 aliphatic heterocycles. The maximum absolute atomic E-state index is 4.95. The number of nitrogens with zero attached hydrogens (tertiary/aromatic N) is 16. The zero-order valence-corrected chi connectivity index (χ0v) is 44.1. The minimum absolute atomic E-state index is 0. The van der Waals surface area contributed by atoms with E-state index in [9.17, 15) is 0 Å². The second-order valence-electron chi connectivity index (χ2n) is 19.3. The molecule has 10 heterocycles. The molecule has 16 nitrogen and oxygen atoms in total. The maximum Gasteiger partial charge on any atom is 2.00 e. The van der Waals surface area contributed by atoms with E-state index in [2.05, 4.69) is 0 Å². The molecule has 0 unspecified atom stereocenters. The fraction of sp³-hybridized carbons (Fsp3) is 0. The Balaban J connectivity index is 0.000000137. The molecule has 0 aliphatic carbocycles. The topological polar surface area (TPSA) is 211 Å². The van der Waals surface area contributed by atoms with Gasteiger partial charge in [-0.3, -0.25) is 0 Å². The Kier molecular flexibility index (Phi) is 11.3. The third kappa shape index (κ3) is 7.73. The van der Waals surface area contributed by atoms with Crippen molar-refractivity contribution in [2.45, 2.75) is 0 Å². The van der Waals surface area contributed by atoms with Gasteiger partial charge in [0.15, 0.2) is 0 Å². The van der Waals surface area contributed by atoms with Gasteiger partial charge in [-0.05, 0) is 43.1 Å². The van der Waals surface area contributed by atoms with Crippen LogP contribution in [0.15, 0.2) is 194 Å². The standard InChI is InChI=1S/2C32H16N8.2Cu/c2*1-2-10-18-17(9-1)25-33-26(18)38-28-21-13-5-6-14-22(21)30(35-28)40-32-24-16-8-7-15-23(24)31(36-32)39-29-20-12-4-3-11-19(20)27(34-29)37-25;;/h2*1-16H;;/q2*-2;2*+2. The number of hydrogen-bond donors (Lipinski definition) is 0. The summed E-state index contributed by atoms with van der Waals surface area (Å²) in [7, 11) is 0. The van der Waals surface area contributed by atoms with Crippen LogP contribution >= 0.6 is 0 Å². The minimum Gasteiger partial charge on any atom is -0.357 e. The Hall–Kier alpha value is -10.5. The summed E-state index contributed by atoms with van der Waals surface area (Å²) in [5.74, 6) is 4.42. The van der Waals surface area contributed by atoms with Gasteiger partial charge in [0.05, 0.1) is 46.6 Å². The molecule has 0 spiro atoms. The van der Waals surface area contributed by atoms with Crippen molar-refractivity contribution in [3.05, 3.63) is 194 Å². The van der Waals surface area contributed by atoms with E-state index in [-0.39, 0.29) is 34.1 Å². The molecule has 18 heteroatoms. The van der Waals surface area contributed by atoms with Crippen molar-refractivity contribution in [2.75, 3.05) is 0 Å². The van der Waals surface area contributed by atoms with Crippen LogP contribution in [0.1, 0.15) is 0 Å². The number of aromatic nitrogens is 16. The summed E-state index contributed by atoms with van der Waals surface area (Å²) in [6, 6.07) is 63.7. The number of benzene rings is 8. The summed E-state index contributed by atoms with van der Waals surface area (Å²) in [5, 5.41) is 7.15. The first-order valence-corrected chi connectivity index (χ1v) is 25.8. The molecule has 0 N–H and O–H groups in total. The van der Waals surface area contributed by atoms with Gasteiger partial charge in [0.2, 0.25) is 0 Å². The van der Waals surface area contributed by atoms with Crippen LogP contribution in [0.4, 0.5) is 0 Å². The molecule has 16 bridgehead atoms. The Bertz CT molecular complexity index is 4400. The average molecular weight is 1150 g/mol. The molecule has 0 saturated carbocycles. The molecule has 18 rings (SSSR count). The van der Waals surface area contributed by atoms with Crippen LogP contribution in [0.3, 0.4) is 0 Å². The third-order valence-corrected chi connectivity index (χ3v) is 14.7. The Morgan fingerprint density at radius 2 is 0.280 bits per heavy atom. The quantitative estimate of drug-likeness (QED) is 0.129. The average Bonchev–Trinajstić information content (AvgIpc) is 4.59. The van der Waals surface area contributed by atoms with Crippen molar-refractivity contribution >= 4 is 88.3 Å². The molecule has 4 aliphatic rings. The predicted molar refractivity (Wildman–Crippen MR) is 308 cm³/mol. The number of fused-ring (bicyclic) bond motifs is 40. The maximum atomic E-state index is 4.95. The van der Waals surface area contributed by atoms with E-state index in [4.69, 9.17) is 79.7 Å².